The molecule has 3 aliphatic heterocycles. The molecule has 3 saturated heterocycles. The minimum Gasteiger partial charge on any atom is -0.455 e. The summed E-state index contributed by atoms with van der Waals surface area (Å²) in [6.07, 6.45) is 3.64. The fourth-order valence-electron chi connectivity index (χ4n) is 7.11. The van der Waals surface area contributed by atoms with Crippen LogP contribution in [0.15, 0.2) is 55.6 Å². The summed E-state index contributed by atoms with van der Waals surface area (Å²) in [5.74, 6) is -3.48. The molecule has 3 aliphatic rings. The van der Waals surface area contributed by atoms with Crippen molar-refractivity contribution in [3.63, 3.8) is 0 Å². The first-order chi connectivity index (χ1) is 21.0. The van der Waals surface area contributed by atoms with E-state index in [0.29, 0.717) is 24.8 Å². The van der Waals surface area contributed by atoms with Crippen molar-refractivity contribution in [2.75, 3.05) is 19.7 Å². The molecule has 240 valence electrons. The van der Waals surface area contributed by atoms with Gasteiger partial charge in [-0.3, -0.25) is 19.2 Å². The molecule has 4 rings (SSSR count). The van der Waals surface area contributed by atoms with Gasteiger partial charge in [-0.2, -0.15) is 0 Å². The quantitative estimate of drug-likeness (QED) is 0.231. The maximum absolute atomic E-state index is 14.4. The van der Waals surface area contributed by atoms with Crippen molar-refractivity contribution in [3.8, 4) is 0 Å². The molecule has 0 saturated carbocycles. The van der Waals surface area contributed by atoms with Crippen LogP contribution in [0.25, 0.3) is 0 Å². The van der Waals surface area contributed by atoms with Crippen LogP contribution in [0.3, 0.4) is 0 Å². The number of likely N-dealkylation sites (tertiary alicyclic amines) is 1. The first-order valence-corrected chi connectivity index (χ1v) is 15.7. The van der Waals surface area contributed by atoms with E-state index in [-0.39, 0.29) is 55.8 Å². The average Bonchev–Trinajstić information content (AvgIpc) is 3.64. The average molecular weight is 610 g/mol. The molecule has 3 amide bonds. The second-order valence-electron chi connectivity index (χ2n) is 12.6. The fraction of sp³-hybridized carbons (Fsp3) is 0.588. The zero-order chi connectivity index (χ0) is 32.2. The maximum Gasteiger partial charge on any atom is 0.313 e. The molecule has 1 aromatic rings. The second-order valence-corrected chi connectivity index (χ2v) is 12.6. The van der Waals surface area contributed by atoms with Crippen LogP contribution in [0, 0.1) is 17.8 Å². The van der Waals surface area contributed by atoms with Gasteiger partial charge < -0.3 is 29.7 Å². The number of carbonyl (C=O) groups excluding carboxylic acids is 4. The minimum atomic E-state index is -1.22. The number of esters is 1. The van der Waals surface area contributed by atoms with Gasteiger partial charge in [-0.05, 0) is 44.6 Å². The molecular weight excluding hydrogens is 562 g/mol. The van der Waals surface area contributed by atoms with E-state index in [0.717, 1.165) is 0 Å². The summed E-state index contributed by atoms with van der Waals surface area (Å²) in [7, 11) is 0. The number of nitrogens with one attached hydrogen (secondary N) is 1. The molecule has 1 aromatic carbocycles. The Hall–Kier alpha value is -3.50. The first-order valence-electron chi connectivity index (χ1n) is 15.7. The highest BCUT2D eigenvalue weighted by atomic mass is 16.6. The lowest BCUT2D eigenvalue weighted by molar-refractivity contribution is -0.161. The molecule has 10 heteroatoms. The molecule has 0 unspecified atom stereocenters. The SMILES string of the molecule is C=CCCC(=O)NC[C@H](OC(=O)[C@@H]1[C@H]2C(=O)N([C@@H](CO)C(C)C)[C@H](C(=O)N(CC=C)C(C)C)[C@]23CC[C@H]1O3)c1ccccc1. The topological polar surface area (TPSA) is 125 Å². The number of carbonyl (C=O) groups is 4. The molecule has 2 N–H and O–H groups in total. The molecule has 10 nitrogen and oxygen atoms in total. The van der Waals surface area contributed by atoms with Gasteiger partial charge in [-0.25, -0.2) is 0 Å². The number of fused-ring (bicyclic) bond motifs is 1. The number of nitrogens with zero attached hydrogens (tertiary/aromatic N) is 2. The molecule has 3 fully saturated rings. The predicted octanol–water partition coefficient (Wildman–Crippen LogP) is 3.17. The summed E-state index contributed by atoms with van der Waals surface area (Å²) in [5.41, 5.74) is -0.520. The number of hydrogen-bond acceptors (Lipinski definition) is 7. The number of rotatable bonds is 15. The third kappa shape index (κ3) is 6.19. The number of aliphatic hydroxyl groups is 1. The van der Waals surface area contributed by atoms with E-state index in [4.69, 9.17) is 9.47 Å². The van der Waals surface area contributed by atoms with E-state index in [9.17, 15) is 24.3 Å². The number of allylic oxidation sites excluding steroid dienone is 1. The van der Waals surface area contributed by atoms with Crippen LogP contribution in [-0.4, -0.2) is 88.1 Å². The standard InChI is InChI=1S/C34H47N3O7/c1-7-9-15-27(39)35-19-26(23-13-11-10-12-14-23)43-33(42)28-25-16-17-34(44-25)29(28)31(40)37(24(20-38)21(3)4)30(34)32(41)36(18-8-2)22(5)6/h7-8,10-14,21-22,24-26,28-30,38H,1-2,9,15-20H2,3-6H3,(H,35,39)/t24-,25+,26-,28-,29-,30+,34-/m0/s1. The van der Waals surface area contributed by atoms with Crippen LogP contribution < -0.4 is 5.32 Å². The molecule has 1 spiro atoms. The zero-order valence-corrected chi connectivity index (χ0v) is 26.3. The van der Waals surface area contributed by atoms with Gasteiger partial charge in [0.2, 0.25) is 17.7 Å². The molecule has 7 atom stereocenters. The number of amides is 3. The second kappa shape index (κ2) is 14.1. The van der Waals surface area contributed by atoms with Gasteiger partial charge in [0.05, 0.1) is 37.1 Å². The van der Waals surface area contributed by atoms with Crippen LogP contribution in [0.1, 0.15) is 65.0 Å². The highest BCUT2D eigenvalue weighted by molar-refractivity contribution is 5.98. The van der Waals surface area contributed by atoms with Gasteiger partial charge in [-0.15, -0.1) is 13.2 Å². The number of ether oxygens (including phenoxy) is 2. The lowest BCUT2D eigenvalue weighted by Crippen LogP contribution is -2.60. The molecular formula is C34H47N3O7. The molecule has 3 heterocycles. The van der Waals surface area contributed by atoms with Gasteiger partial charge in [-0.1, -0.05) is 56.3 Å². The molecule has 0 aliphatic carbocycles. The van der Waals surface area contributed by atoms with Gasteiger partial charge in [0.1, 0.15) is 17.7 Å². The van der Waals surface area contributed by atoms with E-state index in [1.807, 2.05) is 58.0 Å². The van der Waals surface area contributed by atoms with E-state index in [1.54, 1.807) is 17.1 Å². The lowest BCUT2D eigenvalue weighted by atomic mass is 9.70. The van der Waals surface area contributed by atoms with Crippen LogP contribution in [-0.2, 0) is 28.7 Å². The van der Waals surface area contributed by atoms with Crippen LogP contribution in [0.2, 0.25) is 0 Å². The normalized spacial score (nSPS) is 26.8. The Morgan fingerprint density at radius 1 is 1.18 bits per heavy atom. The minimum absolute atomic E-state index is 0.0613. The molecule has 0 aromatic heterocycles. The summed E-state index contributed by atoms with van der Waals surface area (Å²) in [6, 6.07) is 7.31. The largest absolute Gasteiger partial charge is 0.455 e. The zero-order valence-electron chi connectivity index (χ0n) is 26.3. The Kier molecular flexibility index (Phi) is 10.7. The third-order valence-corrected chi connectivity index (χ3v) is 9.28. The van der Waals surface area contributed by atoms with Crippen LogP contribution in [0.4, 0.5) is 0 Å². The highest BCUT2D eigenvalue weighted by Gasteiger charge is 2.76. The van der Waals surface area contributed by atoms with Crippen molar-refractivity contribution in [2.45, 2.75) is 89.3 Å². The van der Waals surface area contributed by atoms with E-state index >= 15 is 0 Å². The van der Waals surface area contributed by atoms with Crippen molar-refractivity contribution in [3.05, 3.63) is 61.2 Å². The Bertz CT molecular complexity index is 1230. The predicted molar refractivity (Wildman–Crippen MR) is 165 cm³/mol. The van der Waals surface area contributed by atoms with Crippen molar-refractivity contribution < 1.29 is 33.8 Å². The summed E-state index contributed by atoms with van der Waals surface area (Å²) >= 11 is 0. The molecule has 44 heavy (non-hydrogen) atoms. The number of aliphatic hydroxyl groups excluding tert-OH is 1. The Labute approximate surface area is 260 Å². The Balaban J connectivity index is 1.68. The smallest absolute Gasteiger partial charge is 0.313 e. The van der Waals surface area contributed by atoms with Crippen molar-refractivity contribution in [1.29, 1.82) is 0 Å². The van der Waals surface area contributed by atoms with Crippen LogP contribution in [0.5, 0.6) is 0 Å². The fourth-order valence-corrected chi connectivity index (χ4v) is 7.11. The van der Waals surface area contributed by atoms with Gasteiger partial charge in [0.25, 0.3) is 0 Å². The first kappa shape index (κ1) is 33.4. The number of benzene rings is 1. The highest BCUT2D eigenvalue weighted by Crippen LogP contribution is 2.59. The van der Waals surface area contributed by atoms with E-state index in [1.165, 1.54) is 4.90 Å². The monoisotopic (exact) mass is 609 g/mol. The maximum atomic E-state index is 14.4. The van der Waals surface area contributed by atoms with E-state index in [2.05, 4.69) is 18.5 Å². The Morgan fingerprint density at radius 3 is 2.48 bits per heavy atom. The summed E-state index contributed by atoms with van der Waals surface area (Å²) < 4.78 is 12.7. The van der Waals surface area contributed by atoms with Crippen molar-refractivity contribution in [2.24, 2.45) is 17.8 Å². The van der Waals surface area contributed by atoms with Gasteiger partial charge in [0, 0.05) is 19.0 Å². The molecule has 2 bridgehead atoms. The summed E-state index contributed by atoms with van der Waals surface area (Å²) in [6.45, 7) is 15.1. The Morgan fingerprint density at radius 2 is 1.89 bits per heavy atom. The summed E-state index contributed by atoms with van der Waals surface area (Å²) in [4.78, 5) is 58.3. The third-order valence-electron chi connectivity index (χ3n) is 9.28. The van der Waals surface area contributed by atoms with Crippen molar-refractivity contribution >= 4 is 23.7 Å². The van der Waals surface area contributed by atoms with Gasteiger partial charge >= 0.3 is 5.97 Å². The molecule has 0 radical (unpaired) electrons. The van der Waals surface area contributed by atoms with E-state index < -0.39 is 47.7 Å². The van der Waals surface area contributed by atoms with Gasteiger partial charge in [0.15, 0.2) is 0 Å². The van der Waals surface area contributed by atoms with Crippen molar-refractivity contribution in [1.82, 2.24) is 15.1 Å². The van der Waals surface area contributed by atoms with Crippen LogP contribution >= 0.6 is 0 Å². The lowest BCUT2D eigenvalue weighted by Gasteiger charge is -2.41. The summed E-state index contributed by atoms with van der Waals surface area (Å²) in [5, 5.41) is 13.3. The number of hydrogen-bond donors (Lipinski definition) is 2.